The molecule has 0 saturated heterocycles. The standard InChI is InChI=1S/3C20H14N4O6S2.2Cr/c3*25-31(26,27)19-15-5-3-13(22-15)9-11-1-2-12(21-11)10-14-4-6-16(23-14)20(32(28,29)30)18-8-7-17(19)24-18;;/h3*1-10,22-23H,(H,25,26,27)(H,28,29,30);;/q;;;2*+3/p-6. The minimum Gasteiger partial charge on any atom is -0.744 e. The van der Waals surface area contributed by atoms with Crippen LogP contribution in [0, 0.1) is 0 Å². The van der Waals surface area contributed by atoms with Gasteiger partial charge in [-0.3, -0.25) is 0 Å². The van der Waals surface area contributed by atoms with Crippen LogP contribution in [0.4, 0.5) is 0 Å². The van der Waals surface area contributed by atoms with Crippen LogP contribution in [-0.4, -0.2) is 138 Å². The van der Waals surface area contributed by atoms with E-state index in [2.05, 4.69) is 59.8 Å². The first kappa shape index (κ1) is 69.7. The van der Waals surface area contributed by atoms with Crippen molar-refractivity contribution in [1.29, 1.82) is 0 Å². The number of hydrogen-bond acceptors (Lipinski definition) is 24. The maximum Gasteiger partial charge on any atom is 3.00 e. The minimum atomic E-state index is -5.03. The number of H-pyrrole nitrogens is 6. The maximum absolute atomic E-state index is 12.0. The SMILES string of the molecule is O=S(=O)([O-])c1c2nc(c(S(=O)(=O)[O-])c3ccc(cc4nc(cc5ccc1[nH]5)C=C4)[nH]3)C=C2.O=S(=O)([O-])c1c2nc(c(S(=O)(=O)[O-])c3ccc(cc4nc(cc5ccc1[nH]5)C=C4)[nH]3)C=C2.O=S(=O)([O-])c1c2nc(c(S(=O)(=O)[O-])c3ccc(cc4nc(cc5ccc1[nH]5)C=C4)[nH]3)C=C2.[Cr+3].[Cr+3]. The summed E-state index contributed by atoms with van der Waals surface area (Å²) in [6, 6.07) is 27.8. The molecule has 98 heavy (non-hydrogen) atoms. The van der Waals surface area contributed by atoms with Gasteiger partial charge in [0.2, 0.25) is 0 Å². The van der Waals surface area contributed by atoms with Crippen molar-refractivity contribution >= 4 is 200 Å². The van der Waals surface area contributed by atoms with E-state index in [-0.39, 0.29) is 102 Å². The number of nitrogens with zero attached hydrogens (tertiary/aromatic N) is 6. The molecular formula is C60H36Cr2N12O18S6. The Morgan fingerprint density at radius 3 is 0.490 bits per heavy atom. The molecule has 0 aliphatic carbocycles. The second kappa shape index (κ2) is 26.0. The van der Waals surface area contributed by atoms with Crippen LogP contribution in [0.3, 0.4) is 0 Å². The summed E-state index contributed by atoms with van der Waals surface area (Å²) in [5.74, 6) is 0. The molecule has 2 radical (unpaired) electrons. The smallest absolute Gasteiger partial charge is 0.744 e. The summed E-state index contributed by atoms with van der Waals surface area (Å²) in [7, 11) is -30.2. The van der Waals surface area contributed by atoms with Gasteiger partial charge in [0.25, 0.3) is 0 Å². The van der Waals surface area contributed by atoms with Gasteiger partial charge in [0, 0.05) is 33.1 Å². The Morgan fingerprint density at radius 1 is 0.214 bits per heavy atom. The van der Waals surface area contributed by atoms with Crippen LogP contribution in [-0.2, 0) is 95.4 Å². The Hall–Kier alpha value is -9.68. The number of aromatic nitrogens is 12. The molecule has 0 amide bonds. The summed E-state index contributed by atoms with van der Waals surface area (Å²) in [4.78, 5) is 38.3. The van der Waals surface area contributed by atoms with Crippen molar-refractivity contribution in [3.8, 4) is 0 Å². The Bertz CT molecular complexity index is 5450. The molecule has 9 aromatic rings. The molecule has 0 spiro atoms. The Balaban J connectivity index is 0.000000147. The second-order valence-electron chi connectivity index (χ2n) is 21.1. The van der Waals surface area contributed by atoms with Crippen molar-refractivity contribution in [3.63, 3.8) is 0 Å². The van der Waals surface area contributed by atoms with Gasteiger partial charge in [-0.1, -0.05) is 0 Å². The topological polar surface area (TPSA) is 515 Å². The largest absolute Gasteiger partial charge is 3.00 e. The van der Waals surface area contributed by atoms with Gasteiger partial charge in [-0.25, -0.2) is 80.4 Å². The van der Waals surface area contributed by atoms with E-state index in [1.165, 1.54) is 72.9 Å². The molecular weight excluding hydrogens is 1470 g/mol. The number of nitrogens with one attached hydrogen (secondary N) is 6. The van der Waals surface area contributed by atoms with Crippen molar-refractivity contribution in [2.24, 2.45) is 0 Å². The summed E-state index contributed by atoms with van der Waals surface area (Å²) >= 11 is 0. The van der Waals surface area contributed by atoms with Gasteiger partial charge in [-0.15, -0.1) is 0 Å². The zero-order valence-electron chi connectivity index (χ0n) is 48.6. The van der Waals surface area contributed by atoms with E-state index in [4.69, 9.17) is 0 Å². The normalized spacial score (nSPS) is 13.3. The van der Waals surface area contributed by atoms with Gasteiger partial charge in [-0.05, 0) is 182 Å². The van der Waals surface area contributed by atoms with Crippen molar-refractivity contribution < 1.29 is 113 Å². The van der Waals surface area contributed by atoms with Crippen molar-refractivity contribution in [1.82, 2.24) is 59.8 Å². The molecule has 6 aliphatic rings. The molecule has 15 heterocycles. The first-order chi connectivity index (χ1) is 45.2. The molecule has 24 bridgehead atoms. The van der Waals surface area contributed by atoms with E-state index in [1.54, 1.807) is 109 Å². The van der Waals surface area contributed by atoms with Gasteiger partial charge in [-0.2, -0.15) is 0 Å². The van der Waals surface area contributed by atoms with Crippen LogP contribution in [0.25, 0.3) is 139 Å². The summed E-state index contributed by atoms with van der Waals surface area (Å²) in [6.07, 6.45) is 17.4. The fourth-order valence-corrected chi connectivity index (χ4v) is 15.2. The number of hydrogen-bond donors (Lipinski definition) is 6. The van der Waals surface area contributed by atoms with Crippen LogP contribution >= 0.6 is 0 Å². The van der Waals surface area contributed by atoms with E-state index < -0.39 is 90.1 Å². The average Bonchev–Trinajstić information content (AvgIpc) is 1.62. The van der Waals surface area contributed by atoms with Gasteiger partial charge in [0.15, 0.2) is 0 Å². The molecule has 38 heteroatoms. The van der Waals surface area contributed by atoms with E-state index in [0.29, 0.717) is 67.3 Å². The third-order valence-corrected chi connectivity index (χ3v) is 20.0. The van der Waals surface area contributed by atoms with Crippen LogP contribution in [0.2, 0.25) is 0 Å². The van der Waals surface area contributed by atoms with Gasteiger partial charge < -0.3 is 57.2 Å². The molecule has 6 N–H and O–H groups in total. The van der Waals surface area contributed by atoms with Gasteiger partial charge >= 0.3 is 34.7 Å². The summed E-state index contributed by atoms with van der Waals surface area (Å²) in [5.41, 5.74) is 4.41. The van der Waals surface area contributed by atoms with E-state index in [9.17, 15) is 77.8 Å². The molecule has 30 nitrogen and oxygen atoms in total. The van der Waals surface area contributed by atoms with Crippen molar-refractivity contribution in [3.05, 3.63) is 178 Å². The molecule has 15 rings (SSSR count). The summed E-state index contributed by atoms with van der Waals surface area (Å²) < 4.78 is 217. The second-order valence-corrected chi connectivity index (χ2v) is 29.0. The molecule has 0 saturated carbocycles. The van der Waals surface area contributed by atoms with Crippen LogP contribution < -0.4 is 0 Å². The van der Waals surface area contributed by atoms with Gasteiger partial charge in [0.05, 0.1) is 101 Å². The van der Waals surface area contributed by atoms with Crippen LogP contribution in [0.5, 0.6) is 0 Å². The molecule has 0 atom stereocenters. The first-order valence-electron chi connectivity index (χ1n) is 27.3. The predicted octanol–water partition coefficient (Wildman–Crippen LogP) is 7.39. The molecule has 6 aliphatic heterocycles. The van der Waals surface area contributed by atoms with Crippen molar-refractivity contribution in [2.45, 2.75) is 29.4 Å². The van der Waals surface area contributed by atoms with E-state index >= 15 is 0 Å². The monoisotopic (exact) mass is 1510 g/mol. The van der Waals surface area contributed by atoms with Gasteiger partial charge in [0.1, 0.15) is 90.1 Å². The average molecular weight is 1510 g/mol. The van der Waals surface area contributed by atoms with Crippen molar-refractivity contribution in [2.75, 3.05) is 0 Å². The first-order valence-corrected chi connectivity index (χ1v) is 35.7. The summed E-state index contributed by atoms with van der Waals surface area (Å²) in [5, 5.41) is 0. The summed E-state index contributed by atoms with van der Waals surface area (Å²) in [6.45, 7) is 0. The molecule has 0 aromatic carbocycles. The molecule has 0 unspecified atom stereocenters. The van der Waals surface area contributed by atoms with Crippen LogP contribution in [0.1, 0.15) is 68.3 Å². The molecule has 492 valence electrons. The zero-order chi connectivity index (χ0) is 68.0. The zero-order valence-corrected chi connectivity index (χ0v) is 56.1. The Labute approximate surface area is 574 Å². The number of fused-ring (bicyclic) bond motifs is 24. The third kappa shape index (κ3) is 14.8. The maximum atomic E-state index is 12.0. The predicted molar refractivity (Wildman–Crippen MR) is 344 cm³/mol. The molecule has 0 fully saturated rings. The van der Waals surface area contributed by atoms with Crippen LogP contribution in [0.15, 0.2) is 139 Å². The fourth-order valence-electron chi connectivity index (χ4n) is 10.6. The molecule has 9 aromatic heterocycles. The number of rotatable bonds is 6. The minimum absolute atomic E-state index is 0. The van der Waals surface area contributed by atoms with E-state index in [1.807, 2.05) is 0 Å². The Morgan fingerprint density at radius 2 is 0.357 bits per heavy atom. The van der Waals surface area contributed by atoms with E-state index in [0.717, 1.165) is 0 Å². The fraction of sp³-hybridized carbons (Fsp3) is 0. The third-order valence-electron chi connectivity index (χ3n) is 14.4. The Kier molecular flexibility index (Phi) is 18.5. The quantitative estimate of drug-likeness (QED) is 0.0883. The number of aromatic amines is 6.